The van der Waals surface area contributed by atoms with Crippen molar-refractivity contribution in [2.45, 2.75) is 88.4 Å². The maximum absolute atomic E-state index is 2.92. The molecule has 0 aliphatic heterocycles. The minimum atomic E-state index is -0.323. The molecule has 0 amide bonds. The van der Waals surface area contributed by atoms with E-state index in [0.717, 1.165) is 17.2 Å². The molecular formula is C26H40N2Si2. The second kappa shape index (κ2) is 11.2. The van der Waals surface area contributed by atoms with E-state index in [1.807, 2.05) is 0 Å². The lowest BCUT2D eigenvalue weighted by molar-refractivity contribution is 0.441. The van der Waals surface area contributed by atoms with Gasteiger partial charge in [-0.2, -0.15) is 0 Å². The maximum atomic E-state index is 2.92. The van der Waals surface area contributed by atoms with Crippen molar-refractivity contribution in [1.82, 2.24) is 0 Å². The monoisotopic (exact) mass is 436 g/mol. The number of rotatable bonds is 8. The fourth-order valence-corrected chi connectivity index (χ4v) is 11.3. The molecule has 4 heteroatoms. The summed E-state index contributed by atoms with van der Waals surface area (Å²) in [6.45, 7) is 2.59. The molecule has 0 bridgehead atoms. The van der Waals surface area contributed by atoms with Gasteiger partial charge in [0, 0.05) is 23.5 Å². The minimum Gasteiger partial charge on any atom is -0.401 e. The van der Waals surface area contributed by atoms with Gasteiger partial charge in [0.1, 0.15) is 19.4 Å². The lowest BCUT2D eigenvalue weighted by Crippen LogP contribution is -2.47. The second-order valence-corrected chi connectivity index (χ2v) is 15.7. The van der Waals surface area contributed by atoms with Crippen molar-refractivity contribution in [1.29, 1.82) is 0 Å². The number of anilines is 2. The van der Waals surface area contributed by atoms with E-state index in [2.05, 4.69) is 76.7 Å². The molecule has 0 N–H and O–H groups in total. The van der Waals surface area contributed by atoms with Gasteiger partial charge >= 0.3 is 0 Å². The van der Waals surface area contributed by atoms with Crippen LogP contribution in [0.15, 0.2) is 60.7 Å². The lowest BCUT2D eigenvalue weighted by Gasteiger charge is -2.41. The van der Waals surface area contributed by atoms with Crippen LogP contribution in [0.1, 0.15) is 71.1 Å². The van der Waals surface area contributed by atoms with Crippen molar-refractivity contribution in [2.75, 3.05) is 9.13 Å². The van der Waals surface area contributed by atoms with Crippen molar-refractivity contribution < 1.29 is 0 Å². The summed E-state index contributed by atoms with van der Waals surface area (Å²) in [5.41, 5.74) is 3.00. The molecule has 0 unspecified atom stereocenters. The number of nitrogens with zero attached hydrogens (tertiary/aromatic N) is 2. The van der Waals surface area contributed by atoms with Crippen molar-refractivity contribution in [3.63, 3.8) is 0 Å². The molecule has 0 heterocycles. The van der Waals surface area contributed by atoms with E-state index in [1.165, 1.54) is 75.6 Å². The van der Waals surface area contributed by atoms with Gasteiger partial charge in [0.2, 0.25) is 0 Å². The summed E-state index contributed by atoms with van der Waals surface area (Å²) in [5, 5.41) is 0.911. The van der Waals surface area contributed by atoms with Gasteiger partial charge < -0.3 is 9.13 Å². The molecule has 2 nitrogen and oxygen atoms in total. The summed E-state index contributed by atoms with van der Waals surface area (Å²) >= 11 is 0. The number of benzene rings is 2. The third kappa shape index (κ3) is 5.79. The van der Waals surface area contributed by atoms with Gasteiger partial charge in [0.15, 0.2) is 0 Å². The molecule has 2 saturated carbocycles. The molecule has 0 radical (unpaired) electrons. The highest BCUT2D eigenvalue weighted by molar-refractivity contribution is 6.63. The molecule has 0 saturated heterocycles. The standard InChI is InChI=1S/C26H40N2Si2/c1-22(29-27(23-14-6-2-7-15-23)24-16-8-3-9-17-24)30-28(25-18-10-4-11-19-25)26-20-12-5-13-21-26/h2,4,6-7,10-11,14-15,18-19,22,24,26H,3,5,8-9,12-13,16-17,20-21,29-30H2,1H3. The molecule has 162 valence electrons. The fourth-order valence-electron chi connectivity index (χ4n) is 5.68. The van der Waals surface area contributed by atoms with E-state index in [0.29, 0.717) is 0 Å². The summed E-state index contributed by atoms with van der Waals surface area (Å²) < 4.78 is 5.84. The van der Waals surface area contributed by atoms with Gasteiger partial charge in [0.05, 0.1) is 0 Å². The smallest absolute Gasteiger partial charge is 0.125 e. The van der Waals surface area contributed by atoms with Crippen LogP contribution < -0.4 is 9.13 Å². The van der Waals surface area contributed by atoms with Crippen LogP contribution in [0.3, 0.4) is 0 Å². The van der Waals surface area contributed by atoms with E-state index in [9.17, 15) is 0 Å². The third-order valence-electron chi connectivity index (χ3n) is 7.22. The van der Waals surface area contributed by atoms with Crippen molar-refractivity contribution >= 4 is 30.7 Å². The first-order valence-corrected chi connectivity index (χ1v) is 15.3. The molecule has 2 aromatic rings. The van der Waals surface area contributed by atoms with E-state index in [1.54, 1.807) is 0 Å². The zero-order valence-electron chi connectivity index (χ0n) is 18.9. The Bertz CT molecular complexity index is 664. The predicted octanol–water partition coefficient (Wildman–Crippen LogP) is 5.60. The molecule has 0 aromatic heterocycles. The first kappa shape index (κ1) is 21.7. The molecule has 2 aromatic carbocycles. The van der Waals surface area contributed by atoms with Gasteiger partial charge in [-0.15, -0.1) is 0 Å². The van der Waals surface area contributed by atoms with Gasteiger partial charge in [-0.05, 0) is 55.1 Å². The van der Waals surface area contributed by atoms with Gasteiger partial charge in [-0.3, -0.25) is 0 Å². The molecule has 0 atom stereocenters. The zero-order valence-corrected chi connectivity index (χ0v) is 21.7. The molecule has 2 aliphatic carbocycles. The average Bonchev–Trinajstić information content (AvgIpc) is 2.83. The van der Waals surface area contributed by atoms with Crippen LogP contribution in [-0.2, 0) is 0 Å². The predicted molar refractivity (Wildman–Crippen MR) is 138 cm³/mol. The van der Waals surface area contributed by atoms with Crippen molar-refractivity contribution in [2.24, 2.45) is 0 Å². The Morgan fingerprint density at radius 3 is 1.33 bits per heavy atom. The van der Waals surface area contributed by atoms with E-state index < -0.39 is 0 Å². The zero-order chi connectivity index (χ0) is 20.6. The summed E-state index contributed by atoms with van der Waals surface area (Å²) in [7, 11) is -0.647. The average molecular weight is 437 g/mol. The molecule has 30 heavy (non-hydrogen) atoms. The molecule has 0 spiro atoms. The van der Waals surface area contributed by atoms with Crippen molar-refractivity contribution in [3.05, 3.63) is 60.7 Å². The van der Waals surface area contributed by atoms with Gasteiger partial charge in [0.25, 0.3) is 0 Å². The van der Waals surface area contributed by atoms with Crippen LogP contribution >= 0.6 is 0 Å². The Labute approximate surface area is 188 Å². The number of hydrogen-bond acceptors (Lipinski definition) is 2. The van der Waals surface area contributed by atoms with Crippen LogP contribution in [-0.4, -0.2) is 31.4 Å². The molecular weight excluding hydrogens is 396 g/mol. The first-order chi connectivity index (χ1) is 14.8. The Hall–Kier alpha value is -1.53. The quantitative estimate of drug-likeness (QED) is 0.497. The highest BCUT2D eigenvalue weighted by Crippen LogP contribution is 2.30. The molecule has 4 rings (SSSR count). The Morgan fingerprint density at radius 2 is 0.967 bits per heavy atom. The van der Waals surface area contributed by atoms with Gasteiger partial charge in [-0.1, -0.05) is 81.8 Å². The topological polar surface area (TPSA) is 6.48 Å². The Balaban J connectivity index is 1.49. The Morgan fingerprint density at radius 1 is 0.600 bits per heavy atom. The highest BCUT2D eigenvalue weighted by atomic mass is 28.3. The summed E-state index contributed by atoms with van der Waals surface area (Å²) in [4.78, 5) is 0. The number of hydrogen-bond donors (Lipinski definition) is 0. The van der Waals surface area contributed by atoms with E-state index in [-0.39, 0.29) is 19.4 Å². The highest BCUT2D eigenvalue weighted by Gasteiger charge is 2.27. The molecule has 2 fully saturated rings. The normalized spacial score (nSPS) is 20.2. The largest absolute Gasteiger partial charge is 0.401 e. The van der Waals surface area contributed by atoms with Crippen molar-refractivity contribution in [3.8, 4) is 0 Å². The van der Waals surface area contributed by atoms with Crippen LogP contribution in [0.5, 0.6) is 0 Å². The van der Waals surface area contributed by atoms with Crippen LogP contribution in [0.2, 0.25) is 5.16 Å². The second-order valence-electron chi connectivity index (χ2n) is 9.66. The summed E-state index contributed by atoms with van der Waals surface area (Å²) in [6.07, 6.45) is 14.2. The summed E-state index contributed by atoms with van der Waals surface area (Å²) in [5.74, 6) is 0. The molecule has 2 aliphatic rings. The summed E-state index contributed by atoms with van der Waals surface area (Å²) in [6, 6.07) is 24.3. The SMILES string of the molecule is CC([SiH2]N(c1ccccc1)C1CCCCC1)[SiH2]N(c1ccccc1)C1CCCCC1. The van der Waals surface area contributed by atoms with E-state index >= 15 is 0 Å². The minimum absolute atomic E-state index is 0.323. The first-order valence-electron chi connectivity index (χ1n) is 12.4. The van der Waals surface area contributed by atoms with Crippen LogP contribution in [0, 0.1) is 0 Å². The van der Waals surface area contributed by atoms with Crippen LogP contribution in [0.4, 0.5) is 11.4 Å². The Kier molecular flexibility index (Phi) is 8.10. The van der Waals surface area contributed by atoms with E-state index in [4.69, 9.17) is 0 Å². The third-order valence-corrected chi connectivity index (χ3v) is 12.6. The van der Waals surface area contributed by atoms with Crippen LogP contribution in [0.25, 0.3) is 0 Å². The lowest BCUT2D eigenvalue weighted by atomic mass is 9.95. The fraction of sp³-hybridized carbons (Fsp3) is 0.538. The van der Waals surface area contributed by atoms with Gasteiger partial charge in [-0.25, -0.2) is 0 Å². The maximum Gasteiger partial charge on any atom is 0.125 e. The number of para-hydroxylation sites is 2.